The molecular weight excluding hydrogens is 312 g/mol. The molecule has 1 aromatic rings. The third kappa shape index (κ3) is 3.71. The number of rotatable bonds is 5. The van der Waals surface area contributed by atoms with Gasteiger partial charge in [-0.1, -0.05) is 11.6 Å². The number of amidine groups is 1. The van der Waals surface area contributed by atoms with Gasteiger partial charge >= 0.3 is 0 Å². The summed E-state index contributed by atoms with van der Waals surface area (Å²) in [5.74, 6) is 0.852. The lowest BCUT2D eigenvalue weighted by Crippen LogP contribution is -2.18. The zero-order valence-corrected chi connectivity index (χ0v) is 13.2. The van der Waals surface area contributed by atoms with Gasteiger partial charge in [0, 0.05) is 6.07 Å². The molecule has 1 aromatic carbocycles. The molecule has 0 radical (unpaired) electrons. The molecule has 0 aliphatic carbocycles. The minimum atomic E-state index is -0.298. The van der Waals surface area contributed by atoms with Crippen LogP contribution in [-0.4, -0.2) is 24.3 Å². The summed E-state index contributed by atoms with van der Waals surface area (Å²) in [7, 11) is 0. The lowest BCUT2D eigenvalue weighted by Gasteiger charge is -2.12. The Morgan fingerprint density at radius 3 is 2.43 bits per heavy atom. The summed E-state index contributed by atoms with van der Waals surface area (Å²) in [4.78, 5) is 12.1. The zero-order valence-electron chi connectivity index (χ0n) is 11.7. The summed E-state index contributed by atoms with van der Waals surface area (Å²) < 4.78 is 11.0. The molecule has 0 spiro atoms. The summed E-state index contributed by atoms with van der Waals surface area (Å²) in [5.41, 5.74) is 0.649. The van der Waals surface area contributed by atoms with Gasteiger partial charge in [-0.15, -0.1) is 0 Å². The molecule has 1 fully saturated rings. The van der Waals surface area contributed by atoms with Crippen molar-refractivity contribution in [1.29, 1.82) is 5.41 Å². The average Bonchev–Trinajstić information content (AvgIpc) is 2.73. The maximum Gasteiger partial charge on any atom is 0.264 e. The van der Waals surface area contributed by atoms with Crippen molar-refractivity contribution >= 4 is 40.5 Å². The van der Waals surface area contributed by atoms with Gasteiger partial charge in [0.15, 0.2) is 16.7 Å². The van der Waals surface area contributed by atoms with E-state index in [1.165, 1.54) is 0 Å². The van der Waals surface area contributed by atoms with Crippen LogP contribution >= 0.6 is 23.4 Å². The smallest absolute Gasteiger partial charge is 0.264 e. The average molecular weight is 327 g/mol. The molecule has 21 heavy (non-hydrogen) atoms. The van der Waals surface area contributed by atoms with E-state index in [4.69, 9.17) is 26.5 Å². The monoisotopic (exact) mass is 326 g/mol. The molecule has 112 valence electrons. The minimum Gasteiger partial charge on any atom is -0.490 e. The third-order valence-corrected chi connectivity index (χ3v) is 3.77. The summed E-state index contributed by atoms with van der Waals surface area (Å²) in [6.07, 6.45) is 1.64. The molecule has 0 saturated carbocycles. The van der Waals surface area contributed by atoms with Gasteiger partial charge in [-0.3, -0.25) is 10.2 Å². The number of carbonyl (C=O) groups is 1. The lowest BCUT2D eigenvalue weighted by molar-refractivity contribution is -0.115. The van der Waals surface area contributed by atoms with Crippen molar-refractivity contribution < 1.29 is 14.3 Å². The van der Waals surface area contributed by atoms with E-state index >= 15 is 0 Å². The second-order valence-corrected chi connectivity index (χ2v) is 5.54. The van der Waals surface area contributed by atoms with E-state index in [1.54, 1.807) is 18.2 Å². The second kappa shape index (κ2) is 6.87. The topological polar surface area (TPSA) is 71.4 Å². The SMILES string of the molecule is CCOc1cc(Cl)c(/C=C2\SC(=N)NC2=O)cc1OCC. The standard InChI is InChI=1S/C14H15ClN2O3S/c1-3-19-10-5-8(9(15)7-11(10)20-4-2)6-12-13(18)17-14(16)21-12/h5-7H,3-4H2,1-2H3,(H2,16,17,18)/b12-6-. The highest BCUT2D eigenvalue weighted by Crippen LogP contribution is 2.36. The molecule has 1 saturated heterocycles. The molecular formula is C14H15ClN2O3S. The van der Waals surface area contributed by atoms with E-state index in [-0.39, 0.29) is 11.1 Å². The van der Waals surface area contributed by atoms with Crippen LogP contribution in [0.25, 0.3) is 6.08 Å². The molecule has 0 bridgehead atoms. The maximum atomic E-state index is 11.6. The Bertz CT molecular complexity index is 616. The highest BCUT2D eigenvalue weighted by Gasteiger charge is 2.23. The van der Waals surface area contributed by atoms with E-state index in [1.807, 2.05) is 13.8 Å². The normalized spacial score (nSPS) is 16.2. The van der Waals surface area contributed by atoms with E-state index in [2.05, 4.69) is 5.32 Å². The molecule has 2 rings (SSSR count). The number of halogens is 1. The van der Waals surface area contributed by atoms with E-state index in [0.717, 1.165) is 11.8 Å². The van der Waals surface area contributed by atoms with Gasteiger partial charge in [-0.2, -0.15) is 0 Å². The van der Waals surface area contributed by atoms with E-state index in [9.17, 15) is 4.79 Å². The van der Waals surface area contributed by atoms with Crippen LogP contribution in [0.4, 0.5) is 0 Å². The van der Waals surface area contributed by atoms with Crippen molar-refractivity contribution in [2.45, 2.75) is 13.8 Å². The molecule has 5 nitrogen and oxygen atoms in total. The number of benzene rings is 1. The lowest BCUT2D eigenvalue weighted by atomic mass is 10.1. The minimum absolute atomic E-state index is 0.110. The Hall–Kier alpha value is -1.66. The predicted molar refractivity (Wildman–Crippen MR) is 85.2 cm³/mol. The molecule has 1 amide bonds. The molecule has 1 aliphatic heterocycles. The molecule has 2 N–H and O–H groups in total. The van der Waals surface area contributed by atoms with Crippen LogP contribution < -0.4 is 14.8 Å². The van der Waals surface area contributed by atoms with Crippen LogP contribution in [0.5, 0.6) is 11.5 Å². The third-order valence-electron chi connectivity index (χ3n) is 2.61. The fourth-order valence-electron chi connectivity index (χ4n) is 1.78. The van der Waals surface area contributed by atoms with Gasteiger partial charge in [-0.25, -0.2) is 0 Å². The molecule has 0 aromatic heterocycles. The van der Waals surface area contributed by atoms with Gasteiger partial charge in [0.1, 0.15) is 0 Å². The Labute approximate surface area is 132 Å². The summed E-state index contributed by atoms with van der Waals surface area (Å²) >= 11 is 7.29. The first-order valence-electron chi connectivity index (χ1n) is 6.43. The highest BCUT2D eigenvalue weighted by molar-refractivity contribution is 8.18. The summed E-state index contributed by atoms with van der Waals surface area (Å²) in [6.45, 7) is 4.76. The van der Waals surface area contributed by atoms with Crippen LogP contribution in [0.3, 0.4) is 0 Å². The fourth-order valence-corrected chi connectivity index (χ4v) is 2.68. The predicted octanol–water partition coefficient (Wildman–Crippen LogP) is 3.28. The van der Waals surface area contributed by atoms with Gasteiger partial charge in [-0.05, 0) is 43.3 Å². The number of hydrogen-bond acceptors (Lipinski definition) is 5. The van der Waals surface area contributed by atoms with Crippen LogP contribution in [0.15, 0.2) is 17.0 Å². The second-order valence-electron chi connectivity index (χ2n) is 4.08. The van der Waals surface area contributed by atoms with Crippen molar-refractivity contribution in [1.82, 2.24) is 5.32 Å². The largest absolute Gasteiger partial charge is 0.490 e. The first-order valence-corrected chi connectivity index (χ1v) is 7.63. The van der Waals surface area contributed by atoms with Gasteiger partial charge in [0.2, 0.25) is 0 Å². The number of nitrogens with one attached hydrogen (secondary N) is 2. The first-order chi connectivity index (χ1) is 10.0. The number of amides is 1. The van der Waals surface area contributed by atoms with E-state index in [0.29, 0.717) is 40.2 Å². The Kier molecular flexibility index (Phi) is 5.14. The molecule has 0 atom stereocenters. The highest BCUT2D eigenvalue weighted by atomic mass is 35.5. The summed E-state index contributed by atoms with van der Waals surface area (Å²) in [6, 6.07) is 3.41. The van der Waals surface area contributed by atoms with E-state index < -0.39 is 0 Å². The summed E-state index contributed by atoms with van der Waals surface area (Å²) in [5, 5.41) is 10.4. The zero-order chi connectivity index (χ0) is 15.4. The number of carbonyl (C=O) groups excluding carboxylic acids is 1. The molecule has 1 heterocycles. The first kappa shape index (κ1) is 15.7. The quantitative estimate of drug-likeness (QED) is 0.815. The molecule has 0 unspecified atom stereocenters. The van der Waals surface area contributed by atoms with Crippen LogP contribution in [0.1, 0.15) is 19.4 Å². The van der Waals surface area contributed by atoms with Gasteiger partial charge in [0.25, 0.3) is 5.91 Å². The van der Waals surface area contributed by atoms with Crippen molar-refractivity contribution in [2.24, 2.45) is 0 Å². The fraction of sp³-hybridized carbons (Fsp3) is 0.286. The van der Waals surface area contributed by atoms with Crippen molar-refractivity contribution in [3.8, 4) is 11.5 Å². The molecule has 7 heteroatoms. The van der Waals surface area contributed by atoms with Crippen LogP contribution in [-0.2, 0) is 4.79 Å². The Morgan fingerprint density at radius 1 is 1.29 bits per heavy atom. The number of hydrogen-bond donors (Lipinski definition) is 2. The van der Waals surface area contributed by atoms with Crippen molar-refractivity contribution in [3.63, 3.8) is 0 Å². The van der Waals surface area contributed by atoms with Crippen LogP contribution in [0.2, 0.25) is 5.02 Å². The maximum absolute atomic E-state index is 11.6. The van der Waals surface area contributed by atoms with Crippen molar-refractivity contribution in [3.05, 3.63) is 27.6 Å². The van der Waals surface area contributed by atoms with Gasteiger partial charge < -0.3 is 14.8 Å². The number of thioether (sulfide) groups is 1. The van der Waals surface area contributed by atoms with Crippen LogP contribution in [0, 0.1) is 5.41 Å². The van der Waals surface area contributed by atoms with Crippen molar-refractivity contribution in [2.75, 3.05) is 13.2 Å². The molecule has 1 aliphatic rings. The number of ether oxygens (including phenoxy) is 2. The Balaban J connectivity index is 2.40. The Morgan fingerprint density at radius 2 is 1.90 bits per heavy atom. The van der Waals surface area contributed by atoms with Gasteiger partial charge in [0.05, 0.1) is 23.1 Å².